The third kappa shape index (κ3) is 23.5. The standard InChI is InChI=1S/C85H109N7O23/c1-49-28-37-62-58(41-49)85(4,5)67(92(62)46-70(99)90-73-77(105)75(103)65(48-94)115-82(73)111)39-32-53-22-17-21-52(31-38-66-84(2,3)57-24-15-16-25-61(57)91(66)45-69(98)89-72-76(104)74(102)64(47-93)114-81(72)110)78(53)113-56-34-29-51(30-35-56)42-54(79(106)107)44-63(96)60(43-50-19-11-10-12-20-50)87-68(97)26-14-9-7-6-8-13-23-55(95)33-36-59(80(108)109)88-83(112)86-40-18-27-71(100)101/h10-12,15-16,19-20,24-25,28-32,34-35,37-39,41,54,59-60,64-65,72-77,81-82,93-94,102-105,110-111H,6-9,13-14,17-18,21-23,26-27,33,36,40,42-48H2,1-5H3,(H7-,86,87,88,89,90,97,98,99,100,101,106,107,108,109,112)/p+1/t54-,59-,60+,64?,65?,72?,73?,74?,75?,76?,77?,81?,82?/m1/s1. The topological polar surface area (TPSA) is 470 Å². The summed E-state index contributed by atoms with van der Waals surface area (Å²) in [7, 11) is 0. The molecular weight excluding hydrogens is 1490 g/mol. The normalized spacial score (nSPS) is 23.7. The SMILES string of the molecule is Cc1ccc2c(c1)C(C)(C)C(=CC=C1CCCC(C=CC3=[N+](CC(=O)NC4C(O)OC(CO)C(O)C4O)c4ccccc4C3(C)C)=C1Oc1ccc(C[C@H](CC(=O)[C@H](Cc3ccccc3)NC(=O)CCCCCCCCC(=O)CC[C@@H](NC(=O)NCCCC(=O)O)C(=O)O)C(=O)O)cc1)N2CC(=O)NC1C(O)OC(CO)C(O)C1O. The second kappa shape index (κ2) is 41.1. The van der Waals surface area contributed by atoms with E-state index in [1.807, 2.05) is 129 Å². The summed E-state index contributed by atoms with van der Waals surface area (Å²) < 4.78 is 19.5. The maximum atomic E-state index is 14.4. The Labute approximate surface area is 667 Å². The average molecular weight is 1600 g/mol. The summed E-state index contributed by atoms with van der Waals surface area (Å²) in [5, 5.41) is 126. The van der Waals surface area contributed by atoms with Gasteiger partial charge >= 0.3 is 23.9 Å². The summed E-state index contributed by atoms with van der Waals surface area (Å²) in [6, 6.07) is 23.3. The molecule has 2 fully saturated rings. The lowest BCUT2D eigenvalue weighted by Crippen LogP contribution is -2.64. The van der Waals surface area contributed by atoms with E-state index in [2.05, 4.69) is 26.6 Å². The lowest BCUT2D eigenvalue weighted by Gasteiger charge is -2.40. The summed E-state index contributed by atoms with van der Waals surface area (Å²) >= 11 is 0. The number of unbranched alkanes of at least 4 members (excludes halogenated alkanes) is 5. The van der Waals surface area contributed by atoms with Gasteiger partial charge in [-0.1, -0.05) is 124 Å². The summed E-state index contributed by atoms with van der Waals surface area (Å²) in [4.78, 5) is 119. The number of carboxylic acids is 3. The highest BCUT2D eigenvalue weighted by Gasteiger charge is 2.49. The summed E-state index contributed by atoms with van der Waals surface area (Å²) in [5.41, 5.74) is 6.88. The number of benzene rings is 4. The number of ketones is 2. The number of ether oxygens (including phenoxy) is 3. The molecule has 1 aliphatic carbocycles. The van der Waals surface area contributed by atoms with E-state index in [4.69, 9.17) is 19.3 Å². The number of carboxylic acid groups (broad SMARTS) is 3. The van der Waals surface area contributed by atoms with Crippen LogP contribution in [0.4, 0.5) is 16.2 Å². The molecule has 5 amide bonds. The van der Waals surface area contributed by atoms with Crippen LogP contribution in [0, 0.1) is 12.8 Å². The Bertz CT molecular complexity index is 4290. The van der Waals surface area contributed by atoms with Crippen LogP contribution in [-0.4, -0.2) is 226 Å². The Kier molecular flexibility index (Phi) is 31.9. The molecule has 2 saturated heterocycles. The number of fused-ring (bicyclic) bond motifs is 2. The Hall–Kier alpha value is -9.86. The number of anilines is 1. The number of aryl methyl sites for hydroxylation is 1. The fourth-order valence-corrected chi connectivity index (χ4v) is 15.5. The van der Waals surface area contributed by atoms with Gasteiger partial charge in [-0.25, -0.2) is 9.59 Å². The average Bonchev–Trinajstić information content (AvgIpc) is 1.59. The first kappa shape index (κ1) is 89.1. The number of allylic oxidation sites excluding steroid dienone is 7. The molecule has 30 nitrogen and oxygen atoms in total. The molecule has 0 aromatic heterocycles. The number of aliphatic hydroxyl groups excluding tert-OH is 8. The largest absolute Gasteiger partial charge is 0.481 e. The predicted octanol–water partition coefficient (Wildman–Crippen LogP) is 4.90. The highest BCUT2D eigenvalue weighted by molar-refractivity contribution is 6.04. The molecule has 0 saturated carbocycles. The molecule has 115 heavy (non-hydrogen) atoms. The van der Waals surface area contributed by atoms with E-state index in [-0.39, 0.29) is 82.7 Å². The molecule has 4 heterocycles. The molecule has 4 aromatic carbocycles. The molecule has 13 atom stereocenters. The summed E-state index contributed by atoms with van der Waals surface area (Å²) in [5.74, 6) is -6.20. The Morgan fingerprint density at radius 1 is 0.609 bits per heavy atom. The molecule has 0 spiro atoms. The minimum absolute atomic E-state index is 0.0393. The maximum absolute atomic E-state index is 14.4. The van der Waals surface area contributed by atoms with Crippen molar-refractivity contribution in [3.63, 3.8) is 0 Å². The summed E-state index contributed by atoms with van der Waals surface area (Å²) in [6.07, 6.45) is 0.376. The Morgan fingerprint density at radius 2 is 1.23 bits per heavy atom. The first-order chi connectivity index (χ1) is 54.8. The van der Waals surface area contributed by atoms with Crippen LogP contribution < -0.4 is 36.2 Å². The zero-order valence-electron chi connectivity index (χ0n) is 65.5. The van der Waals surface area contributed by atoms with Gasteiger partial charge in [0.25, 0.3) is 5.91 Å². The van der Waals surface area contributed by atoms with Crippen molar-refractivity contribution in [3.05, 3.63) is 172 Å². The van der Waals surface area contributed by atoms with Gasteiger partial charge in [-0.2, -0.15) is 4.58 Å². The van der Waals surface area contributed by atoms with E-state index in [0.29, 0.717) is 84.8 Å². The predicted molar refractivity (Wildman–Crippen MR) is 420 cm³/mol. The van der Waals surface area contributed by atoms with Gasteiger partial charge in [-0.15, -0.1) is 0 Å². The van der Waals surface area contributed by atoms with Gasteiger partial charge in [0.1, 0.15) is 78.6 Å². The smallest absolute Gasteiger partial charge is 0.326 e. The highest BCUT2D eigenvalue weighted by Crippen LogP contribution is 2.49. The first-order valence-electron chi connectivity index (χ1n) is 39.3. The number of hydrogen-bond acceptors (Lipinski definition) is 21. The van der Waals surface area contributed by atoms with Gasteiger partial charge in [-0.05, 0) is 137 Å². The van der Waals surface area contributed by atoms with Crippen molar-refractivity contribution in [1.29, 1.82) is 0 Å². The number of para-hydroxylation sites is 1. The number of aliphatic carboxylic acids is 3. The number of nitrogens with zero attached hydrogens (tertiary/aromatic N) is 2. The van der Waals surface area contributed by atoms with E-state index >= 15 is 0 Å². The number of Topliss-reactive ketones (excluding diaryl/α,β-unsaturated/α-hetero) is 2. The first-order valence-corrected chi connectivity index (χ1v) is 39.3. The van der Waals surface area contributed by atoms with Gasteiger partial charge < -0.3 is 102 Å². The van der Waals surface area contributed by atoms with Gasteiger partial charge in [0.2, 0.25) is 24.0 Å². The van der Waals surface area contributed by atoms with Gasteiger partial charge in [0, 0.05) is 73.2 Å². The molecule has 30 heteroatoms. The number of rotatable bonds is 40. The minimum Gasteiger partial charge on any atom is -0.481 e. The van der Waals surface area contributed by atoms with Crippen LogP contribution in [0.2, 0.25) is 0 Å². The van der Waals surface area contributed by atoms with Crippen LogP contribution in [0.25, 0.3) is 0 Å². The molecule has 622 valence electrons. The van der Waals surface area contributed by atoms with Crippen molar-refractivity contribution in [3.8, 4) is 5.75 Å². The van der Waals surface area contributed by atoms with Crippen LogP contribution >= 0.6 is 0 Å². The fraction of sp³-hybridized carbons (Fsp3) is 0.506. The molecule has 5 aliphatic rings. The van der Waals surface area contributed by atoms with Crippen LogP contribution in [0.1, 0.15) is 158 Å². The maximum Gasteiger partial charge on any atom is 0.326 e. The van der Waals surface area contributed by atoms with Crippen molar-refractivity contribution < 1.29 is 118 Å². The molecule has 0 bridgehead atoms. The van der Waals surface area contributed by atoms with Crippen molar-refractivity contribution in [1.82, 2.24) is 26.6 Å². The Balaban J connectivity index is 0.921. The van der Waals surface area contributed by atoms with E-state index < -0.39 is 151 Å². The van der Waals surface area contributed by atoms with Gasteiger partial charge in [0.05, 0.1) is 30.6 Å². The van der Waals surface area contributed by atoms with E-state index in [1.54, 1.807) is 36.4 Å². The lowest BCUT2D eigenvalue weighted by atomic mass is 9.81. The van der Waals surface area contributed by atoms with Crippen LogP contribution in [0.15, 0.2) is 144 Å². The van der Waals surface area contributed by atoms with Crippen molar-refractivity contribution in [2.24, 2.45) is 5.92 Å². The molecule has 10 unspecified atom stereocenters. The van der Waals surface area contributed by atoms with Crippen molar-refractivity contribution >= 4 is 70.3 Å². The highest BCUT2D eigenvalue weighted by atomic mass is 16.6. The van der Waals surface area contributed by atoms with Crippen molar-refractivity contribution in [2.75, 3.05) is 37.7 Å². The zero-order valence-corrected chi connectivity index (χ0v) is 65.5. The molecule has 4 aromatic rings. The third-order valence-electron chi connectivity index (χ3n) is 22.0. The zero-order chi connectivity index (χ0) is 83.4. The number of carbonyl (C=O) groups is 9. The molecule has 16 N–H and O–H groups in total. The minimum atomic E-state index is -1.76. The Morgan fingerprint density at radius 3 is 1.86 bits per heavy atom. The molecule has 4 aliphatic heterocycles. The summed E-state index contributed by atoms with van der Waals surface area (Å²) in [6.45, 7) is 8.07. The van der Waals surface area contributed by atoms with Gasteiger partial charge in [-0.3, -0.25) is 33.6 Å². The number of urea groups is 1. The van der Waals surface area contributed by atoms with Crippen LogP contribution in [-0.2, 0) is 71.5 Å². The van der Waals surface area contributed by atoms with Crippen LogP contribution in [0.3, 0.4) is 0 Å². The van der Waals surface area contributed by atoms with Crippen LogP contribution in [0.5, 0.6) is 5.75 Å². The number of hydrogen-bond donors (Lipinski definition) is 16. The number of nitrogens with one attached hydrogen (secondary N) is 5. The number of carbonyl (C=O) groups excluding carboxylic acids is 6. The second-order valence-electron chi connectivity index (χ2n) is 31.2. The quantitative estimate of drug-likeness (QED) is 0.0208. The number of amides is 5. The lowest BCUT2D eigenvalue weighted by molar-refractivity contribution is -0.425. The second-order valence-corrected chi connectivity index (χ2v) is 31.2. The molecule has 0 radical (unpaired) electrons. The van der Waals surface area contributed by atoms with Gasteiger partial charge in [0.15, 0.2) is 24.1 Å². The number of aliphatic hydroxyl groups is 8. The van der Waals surface area contributed by atoms with E-state index in [1.165, 1.54) is 0 Å². The van der Waals surface area contributed by atoms with Crippen molar-refractivity contribution in [2.45, 2.75) is 234 Å². The molecule has 9 rings (SSSR count). The molecular formula is C85H110N7O23+. The third-order valence-corrected chi connectivity index (χ3v) is 22.0. The monoisotopic (exact) mass is 1600 g/mol. The fourth-order valence-electron chi connectivity index (χ4n) is 15.5. The van der Waals surface area contributed by atoms with E-state index in [9.17, 15) is 94.2 Å². The van der Waals surface area contributed by atoms with E-state index in [0.717, 1.165) is 46.2 Å².